The van der Waals surface area contributed by atoms with Crippen LogP contribution in [-0.2, 0) is 22.6 Å². The summed E-state index contributed by atoms with van der Waals surface area (Å²) in [6.07, 6.45) is 1.18. The Hall–Kier alpha value is -4.70. The minimum absolute atomic E-state index is 0.0200. The maximum Gasteiger partial charge on any atom is 0.272 e. The molecule has 42 heavy (non-hydrogen) atoms. The summed E-state index contributed by atoms with van der Waals surface area (Å²) in [6, 6.07) is 19.6. The van der Waals surface area contributed by atoms with Gasteiger partial charge < -0.3 is 4.90 Å². The molecule has 2 N–H and O–H groups in total. The van der Waals surface area contributed by atoms with Gasteiger partial charge in [-0.2, -0.15) is 5.10 Å². The van der Waals surface area contributed by atoms with Crippen molar-refractivity contribution in [3.8, 4) is 0 Å². The highest BCUT2D eigenvalue weighted by Gasteiger charge is 2.29. The van der Waals surface area contributed by atoms with Crippen molar-refractivity contribution in [2.24, 2.45) is 0 Å². The van der Waals surface area contributed by atoms with Crippen molar-refractivity contribution in [2.75, 3.05) is 26.2 Å². The second-order valence-corrected chi connectivity index (χ2v) is 10.9. The van der Waals surface area contributed by atoms with Gasteiger partial charge in [-0.15, -0.1) is 0 Å². The predicted octanol–water partition coefficient (Wildman–Crippen LogP) is 3.13. The van der Waals surface area contributed by atoms with Gasteiger partial charge >= 0.3 is 0 Å². The number of carbonyl (C=O) groups excluding carboxylic acids is 3. The molecule has 2 aliphatic rings. The minimum atomic E-state index is -0.573. The zero-order valence-corrected chi connectivity index (χ0v) is 22.9. The van der Waals surface area contributed by atoms with Crippen molar-refractivity contribution in [3.63, 3.8) is 0 Å². The number of H-pyrrole nitrogens is 1. The Kier molecular flexibility index (Phi) is 7.62. The van der Waals surface area contributed by atoms with Crippen molar-refractivity contribution in [1.29, 1.82) is 0 Å². The number of fused-ring (bicyclic) bond motifs is 1. The molecule has 9 nitrogen and oxygen atoms in total. The number of hydrogen-bond donors (Lipinski definition) is 2. The minimum Gasteiger partial charge on any atom is -0.336 e. The Bertz CT molecular complexity index is 1740. The standard InChI is InChI=1S/C32H30FN5O4/c33-27-10-8-20(18-28-24-6-1-2-7-25(24)31(41)36-35-28)17-26(27)32(42)38-14-12-37(13-15-38)19-21-4-3-5-22(16-21)23-9-11-29(39)34-30(23)40/h1-8,10,16-17,23H,9,11-15,18-19H2,(H,36,41)(H,34,39,40). The lowest BCUT2D eigenvalue weighted by molar-refractivity contribution is -0.134. The monoisotopic (exact) mass is 567 g/mol. The quantitative estimate of drug-likeness (QED) is 0.346. The smallest absolute Gasteiger partial charge is 0.272 e. The number of piperidine rings is 1. The second kappa shape index (κ2) is 11.7. The second-order valence-electron chi connectivity index (χ2n) is 10.9. The summed E-state index contributed by atoms with van der Waals surface area (Å²) in [5, 5.41) is 10.4. The highest BCUT2D eigenvalue weighted by Crippen LogP contribution is 2.26. The third-order valence-corrected chi connectivity index (χ3v) is 8.07. The van der Waals surface area contributed by atoms with Crippen molar-refractivity contribution in [3.05, 3.63) is 111 Å². The first-order valence-electron chi connectivity index (χ1n) is 14.0. The summed E-state index contributed by atoms with van der Waals surface area (Å²) in [6.45, 7) is 2.84. The first-order valence-corrected chi connectivity index (χ1v) is 14.0. The Morgan fingerprint density at radius 3 is 2.48 bits per heavy atom. The SMILES string of the molecule is O=C1CCC(c2cccc(CN3CCN(C(=O)c4cc(Cc5n[nH]c(=O)c6ccccc56)ccc4F)CC3)c2)C(=O)N1. The zero-order valence-electron chi connectivity index (χ0n) is 22.9. The molecule has 0 saturated carbocycles. The molecule has 2 fully saturated rings. The van der Waals surface area contributed by atoms with Gasteiger partial charge in [0.1, 0.15) is 5.82 Å². The summed E-state index contributed by atoms with van der Waals surface area (Å²) in [4.78, 5) is 53.2. The largest absolute Gasteiger partial charge is 0.336 e. The average molecular weight is 568 g/mol. The topological polar surface area (TPSA) is 115 Å². The molecule has 2 aliphatic heterocycles. The first kappa shape index (κ1) is 27.5. The number of amides is 3. The van der Waals surface area contributed by atoms with Gasteiger partial charge in [-0.25, -0.2) is 9.49 Å². The summed E-state index contributed by atoms with van der Waals surface area (Å²) in [7, 11) is 0. The Morgan fingerprint density at radius 2 is 1.69 bits per heavy atom. The number of imide groups is 1. The molecule has 0 radical (unpaired) electrons. The predicted molar refractivity (Wildman–Crippen MR) is 154 cm³/mol. The number of halogens is 1. The molecule has 0 bridgehead atoms. The van der Waals surface area contributed by atoms with Crippen LogP contribution in [0.25, 0.3) is 10.8 Å². The van der Waals surface area contributed by atoms with E-state index in [4.69, 9.17) is 0 Å². The van der Waals surface area contributed by atoms with Gasteiger partial charge in [-0.1, -0.05) is 48.5 Å². The maximum absolute atomic E-state index is 14.9. The van der Waals surface area contributed by atoms with Crippen LogP contribution in [0.2, 0.25) is 0 Å². The first-order chi connectivity index (χ1) is 20.4. The van der Waals surface area contributed by atoms with Crippen LogP contribution in [0.5, 0.6) is 0 Å². The van der Waals surface area contributed by atoms with Gasteiger partial charge in [-0.3, -0.25) is 29.4 Å². The maximum atomic E-state index is 14.9. The number of aromatic amines is 1. The van der Waals surface area contributed by atoms with Crippen LogP contribution >= 0.6 is 0 Å². The fourth-order valence-corrected chi connectivity index (χ4v) is 5.80. The third kappa shape index (κ3) is 5.71. The van der Waals surface area contributed by atoms with E-state index in [2.05, 4.69) is 20.4 Å². The number of piperazine rings is 1. The number of benzene rings is 3. The Labute approximate surface area is 241 Å². The van der Waals surface area contributed by atoms with Gasteiger partial charge in [0.2, 0.25) is 11.8 Å². The lowest BCUT2D eigenvalue weighted by atomic mass is 9.89. The van der Waals surface area contributed by atoms with Crippen LogP contribution in [0, 0.1) is 5.82 Å². The molecule has 6 rings (SSSR count). The van der Waals surface area contributed by atoms with E-state index in [9.17, 15) is 23.6 Å². The molecule has 3 aromatic carbocycles. The summed E-state index contributed by atoms with van der Waals surface area (Å²) in [5.41, 5.74) is 3.06. The molecule has 3 heterocycles. The van der Waals surface area contributed by atoms with E-state index in [1.54, 1.807) is 29.2 Å². The molecule has 1 aromatic heterocycles. The lowest BCUT2D eigenvalue weighted by Gasteiger charge is -2.35. The van der Waals surface area contributed by atoms with Gasteiger partial charge in [0.25, 0.3) is 11.5 Å². The van der Waals surface area contributed by atoms with Crippen LogP contribution in [0.3, 0.4) is 0 Å². The van der Waals surface area contributed by atoms with Gasteiger partial charge in [0, 0.05) is 51.0 Å². The molecule has 10 heteroatoms. The van der Waals surface area contributed by atoms with Crippen LogP contribution in [0.1, 0.15) is 51.5 Å². The van der Waals surface area contributed by atoms with E-state index >= 15 is 0 Å². The van der Waals surface area contributed by atoms with Gasteiger partial charge in [0.15, 0.2) is 0 Å². The number of hydrogen-bond acceptors (Lipinski definition) is 6. The average Bonchev–Trinajstić information content (AvgIpc) is 3.00. The summed E-state index contributed by atoms with van der Waals surface area (Å²) < 4.78 is 14.9. The van der Waals surface area contributed by atoms with E-state index in [0.29, 0.717) is 63.1 Å². The van der Waals surface area contributed by atoms with Crippen molar-refractivity contribution < 1.29 is 18.8 Å². The summed E-state index contributed by atoms with van der Waals surface area (Å²) >= 11 is 0. The molecule has 2 saturated heterocycles. The summed E-state index contributed by atoms with van der Waals surface area (Å²) in [5.74, 6) is -1.74. The molecular formula is C32H30FN5O4. The van der Waals surface area contributed by atoms with E-state index in [1.165, 1.54) is 6.07 Å². The number of aromatic nitrogens is 2. The van der Waals surface area contributed by atoms with Gasteiger partial charge in [0.05, 0.1) is 22.6 Å². The van der Waals surface area contributed by atoms with E-state index in [1.807, 2.05) is 36.4 Å². The Balaban J connectivity index is 1.10. The molecular weight excluding hydrogens is 537 g/mol. The highest BCUT2D eigenvalue weighted by molar-refractivity contribution is 6.01. The normalized spacial score (nSPS) is 17.8. The van der Waals surface area contributed by atoms with Crippen LogP contribution in [0.4, 0.5) is 4.39 Å². The van der Waals surface area contributed by atoms with Crippen LogP contribution < -0.4 is 10.9 Å². The number of carbonyl (C=O) groups is 3. The lowest BCUT2D eigenvalue weighted by Crippen LogP contribution is -2.48. The Morgan fingerprint density at radius 1 is 0.905 bits per heavy atom. The number of nitrogens with one attached hydrogen (secondary N) is 2. The third-order valence-electron chi connectivity index (χ3n) is 8.07. The highest BCUT2D eigenvalue weighted by atomic mass is 19.1. The van der Waals surface area contributed by atoms with E-state index < -0.39 is 5.82 Å². The fourth-order valence-electron chi connectivity index (χ4n) is 5.80. The molecule has 0 spiro atoms. The van der Waals surface area contributed by atoms with Crippen molar-refractivity contribution in [2.45, 2.75) is 31.7 Å². The van der Waals surface area contributed by atoms with Crippen molar-refractivity contribution in [1.82, 2.24) is 25.3 Å². The molecule has 214 valence electrons. The fraction of sp³-hybridized carbons (Fsp3) is 0.281. The van der Waals surface area contributed by atoms with Crippen LogP contribution in [-0.4, -0.2) is 63.9 Å². The van der Waals surface area contributed by atoms with Gasteiger partial charge in [-0.05, 0) is 41.3 Å². The van der Waals surface area contributed by atoms with E-state index in [-0.39, 0.29) is 34.8 Å². The molecule has 0 aliphatic carbocycles. The van der Waals surface area contributed by atoms with Crippen molar-refractivity contribution >= 4 is 28.5 Å². The molecule has 4 aromatic rings. The zero-order chi connectivity index (χ0) is 29.2. The van der Waals surface area contributed by atoms with Crippen LogP contribution in [0.15, 0.2) is 71.5 Å². The van der Waals surface area contributed by atoms with E-state index in [0.717, 1.165) is 22.1 Å². The number of rotatable bonds is 6. The number of nitrogens with zero attached hydrogens (tertiary/aromatic N) is 3. The molecule has 3 amide bonds. The molecule has 1 atom stereocenters. The molecule has 1 unspecified atom stereocenters.